The minimum atomic E-state index is -0.411. The smallest absolute Gasteiger partial charge is 0.305 e. The van der Waals surface area contributed by atoms with Crippen molar-refractivity contribution in [3.8, 4) is 0 Å². The highest BCUT2D eigenvalue weighted by Crippen LogP contribution is 2.16. The molecule has 0 N–H and O–H groups in total. The van der Waals surface area contributed by atoms with Gasteiger partial charge in [-0.1, -0.05) is 255 Å². The molecule has 0 bridgehead atoms. The van der Waals surface area contributed by atoms with Crippen molar-refractivity contribution in [3.05, 3.63) is 60.8 Å². The van der Waals surface area contributed by atoms with Crippen LogP contribution in [0.3, 0.4) is 0 Å². The lowest BCUT2D eigenvalue weighted by Gasteiger charge is -2.18. The van der Waals surface area contributed by atoms with Crippen molar-refractivity contribution in [1.82, 2.24) is 0 Å². The fraction of sp³-hybridized carbons (Fsp3) is 0.803. The maximum atomic E-state index is 12.7. The van der Waals surface area contributed by atoms with E-state index in [0.29, 0.717) is 19.4 Å². The molecular weight excluding hydrogens is 813 g/mol. The molecule has 0 radical (unpaired) electrons. The Bertz CT molecular complexity index is 1130. The second-order valence-corrected chi connectivity index (χ2v) is 19.2. The maximum Gasteiger partial charge on any atom is 0.305 e. The van der Waals surface area contributed by atoms with Gasteiger partial charge in [-0.3, -0.25) is 9.59 Å². The average Bonchev–Trinajstić information content (AvgIpc) is 3.32. The van der Waals surface area contributed by atoms with Crippen LogP contribution in [0.15, 0.2) is 60.8 Å². The lowest BCUT2D eigenvalue weighted by atomic mass is 10.0. The Balaban J connectivity index is 4.29. The predicted molar refractivity (Wildman–Crippen MR) is 288 cm³/mol. The third kappa shape index (κ3) is 54.2. The fourth-order valence-corrected chi connectivity index (χ4v) is 8.24. The standard InChI is InChI=1S/C61H110O5/c1-4-7-10-13-16-19-22-25-28-31-33-36-39-42-45-48-51-54-60(62)65-57-59(64-56-53-50-47-44-41-38-35-30-27-24-21-18-15-12-9-6-3)58-66-61(63)55-52-49-46-43-40-37-34-32-29-26-23-20-17-14-11-8-5-2/h7,10,16,19,25-26,28-29,33,36,59H,4-6,8-9,11-15,17-18,20-24,27,30-32,34-35,37-58H2,1-3H3/b10-7-,19-16-,28-25-,29-26-,36-33-/t59-/m1/s1. The molecule has 0 aromatic heterocycles. The van der Waals surface area contributed by atoms with Crippen LogP contribution in [-0.4, -0.2) is 37.9 Å². The van der Waals surface area contributed by atoms with E-state index in [9.17, 15) is 9.59 Å². The van der Waals surface area contributed by atoms with E-state index in [4.69, 9.17) is 14.2 Å². The Kier molecular flexibility index (Phi) is 54.9. The lowest BCUT2D eigenvalue weighted by Crippen LogP contribution is -2.29. The molecule has 0 spiro atoms. The summed E-state index contributed by atoms with van der Waals surface area (Å²) in [6, 6.07) is 0. The number of ether oxygens (including phenoxy) is 3. The van der Waals surface area contributed by atoms with Gasteiger partial charge in [0, 0.05) is 19.4 Å². The van der Waals surface area contributed by atoms with Gasteiger partial charge in [0.15, 0.2) is 0 Å². The zero-order valence-electron chi connectivity index (χ0n) is 44.2. The van der Waals surface area contributed by atoms with Crippen LogP contribution in [0.2, 0.25) is 0 Å². The number of carbonyl (C=O) groups is 2. The van der Waals surface area contributed by atoms with Gasteiger partial charge < -0.3 is 14.2 Å². The summed E-state index contributed by atoms with van der Waals surface area (Å²) in [5, 5.41) is 0. The van der Waals surface area contributed by atoms with Crippen molar-refractivity contribution < 1.29 is 23.8 Å². The normalized spacial score (nSPS) is 12.6. The van der Waals surface area contributed by atoms with Crippen LogP contribution < -0.4 is 0 Å². The van der Waals surface area contributed by atoms with Crippen LogP contribution in [0.4, 0.5) is 0 Å². The van der Waals surface area contributed by atoms with Gasteiger partial charge >= 0.3 is 11.9 Å². The zero-order chi connectivity index (χ0) is 47.7. The number of allylic oxidation sites excluding steroid dienone is 10. The molecule has 0 aliphatic rings. The van der Waals surface area contributed by atoms with Crippen LogP contribution in [0.1, 0.15) is 290 Å². The molecule has 0 unspecified atom stereocenters. The number of rotatable bonds is 53. The minimum absolute atomic E-state index is 0.145. The van der Waals surface area contributed by atoms with E-state index < -0.39 is 6.10 Å². The SMILES string of the molecule is CC/C=C\C/C=C\C/C=C\C/C=C\CCCCCCC(=O)OC[C@H](COC(=O)CCCCCCCCC/C=C\CCCCCCCC)OCCCCCCCCCCCCCCCCCC. The fourth-order valence-electron chi connectivity index (χ4n) is 8.24. The van der Waals surface area contributed by atoms with E-state index in [-0.39, 0.29) is 25.2 Å². The van der Waals surface area contributed by atoms with E-state index in [1.807, 2.05) is 0 Å². The molecule has 0 aliphatic heterocycles. The number of hydrogen-bond acceptors (Lipinski definition) is 5. The predicted octanol–water partition coefficient (Wildman–Crippen LogP) is 19.7. The molecule has 0 rings (SSSR count). The summed E-state index contributed by atoms with van der Waals surface area (Å²) in [7, 11) is 0. The quantitative estimate of drug-likeness (QED) is 0.0346. The molecule has 0 saturated heterocycles. The first-order chi connectivity index (χ1) is 32.6. The van der Waals surface area contributed by atoms with E-state index >= 15 is 0 Å². The van der Waals surface area contributed by atoms with Gasteiger partial charge in [-0.05, 0) is 83.5 Å². The van der Waals surface area contributed by atoms with Crippen LogP contribution in [-0.2, 0) is 23.8 Å². The van der Waals surface area contributed by atoms with E-state index in [0.717, 1.165) is 83.5 Å². The lowest BCUT2D eigenvalue weighted by molar-refractivity contribution is -0.155. The first-order valence-electron chi connectivity index (χ1n) is 28.8. The number of carbonyl (C=O) groups excluding carboxylic acids is 2. The van der Waals surface area contributed by atoms with Crippen molar-refractivity contribution in [2.75, 3.05) is 19.8 Å². The average molecular weight is 924 g/mol. The van der Waals surface area contributed by atoms with Crippen molar-refractivity contribution in [2.24, 2.45) is 0 Å². The number of esters is 2. The molecule has 0 aromatic rings. The maximum absolute atomic E-state index is 12.7. The van der Waals surface area contributed by atoms with Crippen molar-refractivity contribution in [2.45, 2.75) is 297 Å². The summed E-state index contributed by atoms with van der Waals surface area (Å²) >= 11 is 0. The van der Waals surface area contributed by atoms with E-state index in [1.165, 1.54) is 173 Å². The third-order valence-corrected chi connectivity index (χ3v) is 12.6. The molecule has 66 heavy (non-hydrogen) atoms. The molecule has 1 atom stereocenters. The third-order valence-electron chi connectivity index (χ3n) is 12.6. The Labute approximate surface area is 411 Å². The highest BCUT2D eigenvalue weighted by molar-refractivity contribution is 5.69. The summed E-state index contributed by atoms with van der Waals surface area (Å²) in [4.78, 5) is 25.3. The number of unbranched alkanes of at least 4 members (excludes halogenated alkanes) is 32. The van der Waals surface area contributed by atoms with Gasteiger partial charge in [-0.15, -0.1) is 0 Å². The molecule has 0 fully saturated rings. The van der Waals surface area contributed by atoms with Gasteiger partial charge in [0.25, 0.3) is 0 Å². The first kappa shape index (κ1) is 63.6. The zero-order valence-corrected chi connectivity index (χ0v) is 44.2. The Morgan fingerprint density at radius 1 is 0.333 bits per heavy atom. The van der Waals surface area contributed by atoms with Crippen molar-refractivity contribution >= 4 is 11.9 Å². The summed E-state index contributed by atoms with van der Waals surface area (Å²) in [5.74, 6) is -0.355. The second kappa shape index (κ2) is 56.9. The van der Waals surface area contributed by atoms with Crippen LogP contribution in [0.25, 0.3) is 0 Å². The van der Waals surface area contributed by atoms with Gasteiger partial charge in [0.1, 0.15) is 19.3 Å². The molecule has 384 valence electrons. The van der Waals surface area contributed by atoms with Gasteiger partial charge in [-0.2, -0.15) is 0 Å². The topological polar surface area (TPSA) is 61.8 Å². The van der Waals surface area contributed by atoms with Crippen LogP contribution in [0.5, 0.6) is 0 Å². The molecule has 0 amide bonds. The Morgan fingerprint density at radius 2 is 0.621 bits per heavy atom. The van der Waals surface area contributed by atoms with Gasteiger partial charge in [0.2, 0.25) is 0 Å². The molecule has 0 saturated carbocycles. The van der Waals surface area contributed by atoms with E-state index in [2.05, 4.69) is 81.5 Å². The van der Waals surface area contributed by atoms with Crippen LogP contribution in [0, 0.1) is 0 Å². The first-order valence-corrected chi connectivity index (χ1v) is 28.8. The van der Waals surface area contributed by atoms with Crippen molar-refractivity contribution in [1.29, 1.82) is 0 Å². The van der Waals surface area contributed by atoms with Gasteiger partial charge in [0.05, 0.1) is 0 Å². The molecule has 0 aliphatic carbocycles. The summed E-state index contributed by atoms with van der Waals surface area (Å²) in [5.41, 5.74) is 0. The molecule has 5 nitrogen and oxygen atoms in total. The largest absolute Gasteiger partial charge is 0.463 e. The molecular formula is C61H110O5. The summed E-state index contributed by atoms with van der Waals surface area (Å²) in [6.07, 6.45) is 72.6. The minimum Gasteiger partial charge on any atom is -0.463 e. The van der Waals surface area contributed by atoms with E-state index in [1.54, 1.807) is 0 Å². The van der Waals surface area contributed by atoms with Crippen LogP contribution >= 0.6 is 0 Å². The monoisotopic (exact) mass is 923 g/mol. The Morgan fingerprint density at radius 3 is 0.985 bits per heavy atom. The van der Waals surface area contributed by atoms with Crippen molar-refractivity contribution in [3.63, 3.8) is 0 Å². The highest BCUT2D eigenvalue weighted by atomic mass is 16.6. The Hall–Kier alpha value is -2.40. The molecule has 0 heterocycles. The number of hydrogen-bond donors (Lipinski definition) is 0. The second-order valence-electron chi connectivity index (χ2n) is 19.2. The summed E-state index contributed by atoms with van der Waals surface area (Å²) in [6.45, 7) is 7.62. The summed E-state index contributed by atoms with van der Waals surface area (Å²) < 4.78 is 17.5. The highest BCUT2D eigenvalue weighted by Gasteiger charge is 2.16. The molecule has 0 aromatic carbocycles. The molecule has 5 heteroatoms. The van der Waals surface area contributed by atoms with Gasteiger partial charge in [-0.25, -0.2) is 0 Å².